The Hall–Kier alpha value is -2.40. The fraction of sp³-hybridized carbons (Fsp3) is 0.500. The highest BCUT2D eigenvalue weighted by Crippen LogP contribution is 2.38. The summed E-state index contributed by atoms with van der Waals surface area (Å²) in [6.07, 6.45) is 6.02. The Kier molecular flexibility index (Phi) is 8.52. The maximum absolute atomic E-state index is 13.6. The largest absolute Gasteiger partial charge is 0.330 e. The molecular weight excluding hydrogens is 428 g/mol. The predicted molar refractivity (Wildman–Crippen MR) is 138 cm³/mol. The van der Waals surface area contributed by atoms with E-state index < -0.39 is 0 Å². The Morgan fingerprint density at radius 1 is 1.18 bits per heavy atom. The first kappa shape index (κ1) is 25.2. The third-order valence-electron chi connectivity index (χ3n) is 6.40. The number of amides is 2. The number of benzene rings is 1. The highest BCUT2D eigenvalue weighted by atomic mass is 32.1. The van der Waals surface area contributed by atoms with Gasteiger partial charge in [0.15, 0.2) is 0 Å². The molecule has 0 aliphatic carbocycles. The van der Waals surface area contributed by atoms with E-state index >= 15 is 0 Å². The number of hydrogen-bond acceptors (Lipinski definition) is 3. The van der Waals surface area contributed by atoms with Gasteiger partial charge in [0.25, 0.3) is 0 Å². The van der Waals surface area contributed by atoms with Gasteiger partial charge < -0.3 is 9.80 Å². The van der Waals surface area contributed by atoms with Crippen molar-refractivity contribution < 1.29 is 9.59 Å². The molecule has 5 heteroatoms. The van der Waals surface area contributed by atoms with Crippen molar-refractivity contribution >= 4 is 23.2 Å². The molecule has 178 valence electrons. The van der Waals surface area contributed by atoms with Crippen molar-refractivity contribution in [1.29, 1.82) is 0 Å². The van der Waals surface area contributed by atoms with E-state index in [1.165, 1.54) is 16.0 Å². The van der Waals surface area contributed by atoms with Gasteiger partial charge in [-0.25, -0.2) is 0 Å². The molecule has 0 fully saturated rings. The molecule has 2 heterocycles. The SMILES string of the molecule is C=CCN(CC(=O)N1CCc2sccc2C1c1ccc(C(C)(C)C)cc1)C(=O)CCCCC. The van der Waals surface area contributed by atoms with Gasteiger partial charge in [-0.05, 0) is 46.4 Å². The second-order valence-corrected chi connectivity index (χ2v) is 10.9. The highest BCUT2D eigenvalue weighted by molar-refractivity contribution is 7.10. The minimum atomic E-state index is -0.109. The fourth-order valence-electron chi connectivity index (χ4n) is 4.46. The van der Waals surface area contributed by atoms with Crippen LogP contribution in [0.1, 0.15) is 81.0 Å². The zero-order valence-corrected chi connectivity index (χ0v) is 21.4. The first-order valence-corrected chi connectivity index (χ1v) is 13.0. The minimum absolute atomic E-state index is 0.00226. The van der Waals surface area contributed by atoms with Crippen LogP contribution in [0.4, 0.5) is 0 Å². The van der Waals surface area contributed by atoms with Gasteiger partial charge in [0, 0.05) is 24.4 Å². The molecule has 1 aliphatic heterocycles. The monoisotopic (exact) mass is 466 g/mol. The van der Waals surface area contributed by atoms with Gasteiger partial charge in [-0.2, -0.15) is 0 Å². The van der Waals surface area contributed by atoms with Gasteiger partial charge in [0.05, 0.1) is 6.04 Å². The highest BCUT2D eigenvalue weighted by Gasteiger charge is 2.34. The quantitative estimate of drug-likeness (QED) is 0.330. The number of nitrogens with zero attached hydrogens (tertiary/aromatic N) is 2. The van der Waals surface area contributed by atoms with Crippen LogP contribution in [0.5, 0.6) is 0 Å². The molecule has 1 aromatic heterocycles. The second kappa shape index (κ2) is 11.1. The third kappa shape index (κ3) is 6.14. The van der Waals surface area contributed by atoms with Gasteiger partial charge in [-0.15, -0.1) is 17.9 Å². The van der Waals surface area contributed by atoms with Crippen molar-refractivity contribution in [2.75, 3.05) is 19.6 Å². The summed E-state index contributed by atoms with van der Waals surface area (Å²) in [5.41, 5.74) is 3.70. The summed E-state index contributed by atoms with van der Waals surface area (Å²) in [4.78, 5) is 31.3. The summed E-state index contributed by atoms with van der Waals surface area (Å²) in [6, 6.07) is 10.7. The average Bonchev–Trinajstić information content (AvgIpc) is 3.26. The van der Waals surface area contributed by atoms with Crippen LogP contribution in [0.25, 0.3) is 0 Å². The molecule has 1 aromatic carbocycles. The van der Waals surface area contributed by atoms with E-state index in [0.29, 0.717) is 19.5 Å². The predicted octanol–water partition coefficient (Wildman–Crippen LogP) is 6.11. The lowest BCUT2D eigenvalue weighted by Gasteiger charge is -2.37. The Balaban J connectivity index is 1.84. The van der Waals surface area contributed by atoms with Crippen molar-refractivity contribution in [2.24, 2.45) is 0 Å². The van der Waals surface area contributed by atoms with E-state index in [1.807, 2.05) is 4.90 Å². The lowest BCUT2D eigenvalue weighted by molar-refractivity contribution is -0.141. The summed E-state index contributed by atoms with van der Waals surface area (Å²) in [5.74, 6) is 0.0402. The van der Waals surface area contributed by atoms with E-state index in [9.17, 15) is 9.59 Å². The average molecular weight is 467 g/mol. The van der Waals surface area contributed by atoms with Crippen LogP contribution in [0, 0.1) is 0 Å². The van der Waals surface area contributed by atoms with Crippen LogP contribution in [-0.4, -0.2) is 41.2 Å². The molecule has 0 spiro atoms. The molecule has 1 atom stereocenters. The third-order valence-corrected chi connectivity index (χ3v) is 7.40. The Morgan fingerprint density at radius 2 is 1.91 bits per heavy atom. The Bertz CT molecular complexity index is 955. The van der Waals surface area contributed by atoms with Crippen LogP contribution in [0.2, 0.25) is 0 Å². The molecule has 0 N–H and O–H groups in total. The van der Waals surface area contributed by atoms with Crippen molar-refractivity contribution in [3.05, 3.63) is 69.9 Å². The summed E-state index contributed by atoms with van der Waals surface area (Å²) >= 11 is 1.77. The minimum Gasteiger partial charge on any atom is -0.330 e. The molecule has 2 aromatic rings. The summed E-state index contributed by atoms with van der Waals surface area (Å²) in [6.45, 7) is 13.7. The molecule has 0 bridgehead atoms. The smallest absolute Gasteiger partial charge is 0.243 e. The molecule has 0 saturated heterocycles. The number of hydrogen-bond donors (Lipinski definition) is 0. The zero-order valence-electron chi connectivity index (χ0n) is 20.6. The van der Waals surface area contributed by atoms with E-state index in [4.69, 9.17) is 0 Å². The topological polar surface area (TPSA) is 40.6 Å². The van der Waals surface area contributed by atoms with Crippen LogP contribution < -0.4 is 0 Å². The summed E-state index contributed by atoms with van der Waals surface area (Å²) < 4.78 is 0. The maximum Gasteiger partial charge on any atom is 0.243 e. The molecule has 1 unspecified atom stereocenters. The van der Waals surface area contributed by atoms with Crippen molar-refractivity contribution in [2.45, 2.75) is 71.3 Å². The van der Waals surface area contributed by atoms with E-state index in [2.05, 4.69) is 70.0 Å². The zero-order chi connectivity index (χ0) is 24.0. The molecular formula is C28H38N2O2S. The number of thiophene rings is 1. The van der Waals surface area contributed by atoms with Crippen LogP contribution in [0.3, 0.4) is 0 Å². The number of rotatable bonds is 9. The van der Waals surface area contributed by atoms with E-state index in [0.717, 1.165) is 31.2 Å². The molecule has 2 amide bonds. The number of carbonyl (C=O) groups excluding carboxylic acids is 2. The lowest BCUT2D eigenvalue weighted by atomic mass is 9.85. The molecule has 4 nitrogen and oxygen atoms in total. The van der Waals surface area contributed by atoms with Crippen LogP contribution >= 0.6 is 11.3 Å². The van der Waals surface area contributed by atoms with E-state index in [1.54, 1.807) is 22.3 Å². The fourth-order valence-corrected chi connectivity index (χ4v) is 5.36. The van der Waals surface area contributed by atoms with Gasteiger partial charge in [0.1, 0.15) is 6.54 Å². The molecule has 33 heavy (non-hydrogen) atoms. The second-order valence-electron chi connectivity index (χ2n) is 9.93. The first-order chi connectivity index (χ1) is 15.8. The Labute approximate surface area is 203 Å². The summed E-state index contributed by atoms with van der Waals surface area (Å²) in [5, 5.41) is 2.12. The molecule has 3 rings (SSSR count). The molecule has 0 saturated carbocycles. The number of carbonyl (C=O) groups is 2. The normalized spacial score (nSPS) is 15.8. The first-order valence-electron chi connectivity index (χ1n) is 12.1. The van der Waals surface area contributed by atoms with Crippen LogP contribution in [0.15, 0.2) is 48.4 Å². The van der Waals surface area contributed by atoms with Crippen molar-refractivity contribution in [3.63, 3.8) is 0 Å². The van der Waals surface area contributed by atoms with Crippen molar-refractivity contribution in [3.8, 4) is 0 Å². The van der Waals surface area contributed by atoms with Gasteiger partial charge in [-0.3, -0.25) is 9.59 Å². The van der Waals surface area contributed by atoms with Gasteiger partial charge in [-0.1, -0.05) is 70.9 Å². The summed E-state index contributed by atoms with van der Waals surface area (Å²) in [7, 11) is 0. The van der Waals surface area contributed by atoms with E-state index in [-0.39, 0.29) is 29.8 Å². The molecule has 1 aliphatic rings. The lowest BCUT2D eigenvalue weighted by Crippen LogP contribution is -2.46. The number of fused-ring (bicyclic) bond motifs is 1. The standard InChI is InChI=1S/C28H38N2O2S/c1-6-8-9-10-25(31)29(17-7-2)20-26(32)30-18-15-24-23(16-19-33-24)27(30)21-11-13-22(14-12-21)28(3,4)5/h7,11-14,16,19,27H,2,6,8-10,15,17-18,20H2,1,3-5H3. The van der Waals surface area contributed by atoms with Crippen LogP contribution in [-0.2, 0) is 21.4 Å². The van der Waals surface area contributed by atoms with Crippen molar-refractivity contribution in [1.82, 2.24) is 9.80 Å². The maximum atomic E-state index is 13.6. The Morgan fingerprint density at radius 3 is 2.55 bits per heavy atom. The van der Waals surface area contributed by atoms with Gasteiger partial charge >= 0.3 is 0 Å². The van der Waals surface area contributed by atoms with Gasteiger partial charge in [0.2, 0.25) is 11.8 Å². The molecule has 0 radical (unpaired) electrons. The number of unbranched alkanes of at least 4 members (excludes halogenated alkanes) is 2.